The van der Waals surface area contributed by atoms with Gasteiger partial charge in [0.2, 0.25) is 5.91 Å². The minimum Gasteiger partial charge on any atom is -0.502 e. The van der Waals surface area contributed by atoms with Gasteiger partial charge in [0.15, 0.2) is 0 Å². The van der Waals surface area contributed by atoms with Gasteiger partial charge >= 0.3 is 0 Å². The molecule has 0 spiro atoms. The predicted octanol–water partition coefficient (Wildman–Crippen LogP) is 1.04. The summed E-state index contributed by atoms with van der Waals surface area (Å²) in [6.45, 7) is 6.94. The van der Waals surface area contributed by atoms with E-state index in [1.54, 1.807) is 0 Å². The number of hydrogen-bond donors (Lipinski definition) is 2. The smallest absolute Gasteiger partial charge is 0.220 e. The second-order valence-corrected chi connectivity index (χ2v) is 4.14. The molecule has 0 aromatic heterocycles. The van der Waals surface area contributed by atoms with E-state index < -0.39 is 0 Å². The molecule has 4 nitrogen and oxygen atoms in total. The van der Waals surface area contributed by atoms with Crippen LogP contribution >= 0.6 is 0 Å². The van der Waals surface area contributed by atoms with E-state index in [0.29, 0.717) is 25.5 Å². The van der Waals surface area contributed by atoms with Crippen molar-refractivity contribution in [2.24, 2.45) is 5.92 Å². The molecule has 0 aromatic rings. The lowest BCUT2D eigenvalue weighted by Crippen LogP contribution is -2.25. The largest absolute Gasteiger partial charge is 0.502 e. The average molecular weight is 226 g/mol. The Morgan fingerprint density at radius 2 is 2.50 bits per heavy atom. The van der Waals surface area contributed by atoms with Crippen LogP contribution in [0, 0.1) is 5.92 Å². The molecule has 1 heterocycles. The Morgan fingerprint density at radius 1 is 1.62 bits per heavy atom. The van der Waals surface area contributed by atoms with Gasteiger partial charge in [-0.3, -0.25) is 4.79 Å². The molecular weight excluding hydrogens is 204 g/mol. The summed E-state index contributed by atoms with van der Waals surface area (Å²) < 4.78 is 4.96. The van der Waals surface area contributed by atoms with Gasteiger partial charge < -0.3 is 15.4 Å². The fraction of sp³-hybridized carbons (Fsp3) is 0.750. The Labute approximate surface area is 97.4 Å². The van der Waals surface area contributed by atoms with Gasteiger partial charge in [-0.25, -0.2) is 0 Å². The lowest BCUT2D eigenvalue weighted by atomic mass is 10.0. The van der Waals surface area contributed by atoms with Crippen molar-refractivity contribution in [3.8, 4) is 0 Å². The van der Waals surface area contributed by atoms with E-state index in [1.807, 2.05) is 0 Å². The summed E-state index contributed by atoms with van der Waals surface area (Å²) >= 11 is 0. The molecule has 2 N–H and O–H groups in total. The van der Waals surface area contributed by atoms with Crippen molar-refractivity contribution in [3.05, 3.63) is 12.8 Å². The Bertz CT molecular complexity index is 213. The molecule has 1 atom stereocenters. The van der Waals surface area contributed by atoms with E-state index in [0.717, 1.165) is 25.9 Å². The second-order valence-electron chi connectivity index (χ2n) is 4.14. The molecule has 0 radical (unpaired) electrons. The van der Waals surface area contributed by atoms with Crippen LogP contribution in [-0.2, 0) is 9.53 Å². The van der Waals surface area contributed by atoms with Crippen molar-refractivity contribution in [1.82, 2.24) is 10.6 Å². The molecule has 4 heteroatoms. The summed E-state index contributed by atoms with van der Waals surface area (Å²) in [7, 11) is 0. The van der Waals surface area contributed by atoms with Crippen LogP contribution < -0.4 is 10.6 Å². The molecule has 1 amide bonds. The first-order chi connectivity index (χ1) is 7.83. The molecule has 1 rings (SSSR count). The molecule has 0 aromatic carbocycles. The predicted molar refractivity (Wildman–Crippen MR) is 64.0 cm³/mol. The van der Waals surface area contributed by atoms with Gasteiger partial charge in [-0.2, -0.15) is 0 Å². The third kappa shape index (κ3) is 5.75. The van der Waals surface area contributed by atoms with Crippen molar-refractivity contribution in [2.45, 2.75) is 25.7 Å². The molecular formula is C12H22N2O2. The maximum Gasteiger partial charge on any atom is 0.220 e. The number of nitrogens with one attached hydrogen (secondary N) is 2. The van der Waals surface area contributed by atoms with Crippen molar-refractivity contribution in [3.63, 3.8) is 0 Å². The van der Waals surface area contributed by atoms with Crippen molar-refractivity contribution >= 4 is 5.91 Å². The third-order valence-electron chi connectivity index (χ3n) is 2.82. The van der Waals surface area contributed by atoms with Gasteiger partial charge in [0.1, 0.15) is 0 Å². The van der Waals surface area contributed by atoms with Gasteiger partial charge in [-0.05, 0) is 38.3 Å². The Morgan fingerprint density at radius 3 is 3.19 bits per heavy atom. The molecule has 92 valence electrons. The number of carbonyl (C=O) groups is 1. The second kappa shape index (κ2) is 8.16. The zero-order valence-corrected chi connectivity index (χ0v) is 9.84. The molecule has 0 bridgehead atoms. The molecule has 1 aliphatic rings. The molecule has 1 fully saturated rings. The third-order valence-corrected chi connectivity index (χ3v) is 2.82. The normalized spacial score (nSPS) is 19.4. The van der Waals surface area contributed by atoms with Crippen LogP contribution in [0.15, 0.2) is 12.8 Å². The molecule has 1 unspecified atom stereocenters. The number of amides is 1. The maximum atomic E-state index is 11.4. The number of carbonyl (C=O) groups excluding carboxylic acids is 1. The SMILES string of the molecule is C=COCCCNC(=O)CCC1CCNC1. The average Bonchev–Trinajstić information content (AvgIpc) is 2.79. The van der Waals surface area contributed by atoms with Crippen LogP contribution in [0.5, 0.6) is 0 Å². The Kier molecular flexibility index (Phi) is 6.65. The molecule has 1 saturated heterocycles. The fourth-order valence-electron chi connectivity index (χ4n) is 1.85. The first kappa shape index (κ1) is 13.0. The molecule has 0 aliphatic carbocycles. The first-order valence-electron chi connectivity index (χ1n) is 6.03. The van der Waals surface area contributed by atoms with Crippen molar-refractivity contribution in [1.29, 1.82) is 0 Å². The zero-order valence-electron chi connectivity index (χ0n) is 9.84. The van der Waals surface area contributed by atoms with Crippen LogP contribution in [0.25, 0.3) is 0 Å². The minimum absolute atomic E-state index is 0.158. The van der Waals surface area contributed by atoms with Gasteiger partial charge in [-0.15, -0.1) is 0 Å². The summed E-state index contributed by atoms with van der Waals surface area (Å²) in [5.74, 6) is 0.848. The summed E-state index contributed by atoms with van der Waals surface area (Å²) in [5.41, 5.74) is 0. The standard InChI is InChI=1S/C12H22N2O2/c1-2-16-9-3-7-14-12(15)5-4-11-6-8-13-10-11/h2,11,13H,1,3-10H2,(H,14,15). The van der Waals surface area contributed by atoms with Crippen LogP contribution in [0.3, 0.4) is 0 Å². The van der Waals surface area contributed by atoms with Crippen molar-refractivity contribution < 1.29 is 9.53 Å². The van der Waals surface area contributed by atoms with Crippen LogP contribution in [0.2, 0.25) is 0 Å². The highest BCUT2D eigenvalue weighted by molar-refractivity contribution is 5.75. The van der Waals surface area contributed by atoms with E-state index in [4.69, 9.17) is 4.74 Å². The lowest BCUT2D eigenvalue weighted by Gasteiger charge is -2.08. The first-order valence-corrected chi connectivity index (χ1v) is 6.03. The van der Waals surface area contributed by atoms with Gasteiger partial charge in [-0.1, -0.05) is 6.58 Å². The van der Waals surface area contributed by atoms with Gasteiger partial charge in [0.25, 0.3) is 0 Å². The minimum atomic E-state index is 0.158. The van der Waals surface area contributed by atoms with E-state index >= 15 is 0 Å². The zero-order chi connectivity index (χ0) is 11.6. The highest BCUT2D eigenvalue weighted by Gasteiger charge is 2.15. The summed E-state index contributed by atoms with van der Waals surface area (Å²) in [4.78, 5) is 11.4. The summed E-state index contributed by atoms with van der Waals surface area (Å²) in [5, 5.41) is 6.20. The van der Waals surface area contributed by atoms with Crippen LogP contribution in [-0.4, -0.2) is 32.1 Å². The quantitative estimate of drug-likeness (QED) is 0.480. The highest BCUT2D eigenvalue weighted by atomic mass is 16.5. The summed E-state index contributed by atoms with van der Waals surface area (Å²) in [6, 6.07) is 0. The van der Waals surface area contributed by atoms with Gasteiger partial charge in [0.05, 0.1) is 12.9 Å². The van der Waals surface area contributed by atoms with E-state index in [9.17, 15) is 4.79 Å². The monoisotopic (exact) mass is 226 g/mol. The Balaban J connectivity index is 1.91. The van der Waals surface area contributed by atoms with E-state index in [-0.39, 0.29) is 5.91 Å². The Hall–Kier alpha value is -1.03. The highest BCUT2D eigenvalue weighted by Crippen LogP contribution is 2.13. The topological polar surface area (TPSA) is 50.4 Å². The maximum absolute atomic E-state index is 11.4. The van der Waals surface area contributed by atoms with Gasteiger partial charge in [0, 0.05) is 13.0 Å². The number of ether oxygens (including phenoxy) is 1. The van der Waals surface area contributed by atoms with Crippen molar-refractivity contribution in [2.75, 3.05) is 26.2 Å². The molecule has 16 heavy (non-hydrogen) atoms. The molecule has 0 saturated carbocycles. The van der Waals surface area contributed by atoms with E-state index in [2.05, 4.69) is 17.2 Å². The lowest BCUT2D eigenvalue weighted by molar-refractivity contribution is -0.121. The van der Waals surface area contributed by atoms with Crippen LogP contribution in [0.1, 0.15) is 25.7 Å². The number of hydrogen-bond acceptors (Lipinski definition) is 3. The fourth-order valence-corrected chi connectivity index (χ4v) is 1.85. The number of rotatable bonds is 8. The summed E-state index contributed by atoms with van der Waals surface area (Å²) in [6.07, 6.45) is 5.12. The van der Waals surface area contributed by atoms with E-state index in [1.165, 1.54) is 12.7 Å². The molecule has 1 aliphatic heterocycles. The van der Waals surface area contributed by atoms with Crippen LogP contribution in [0.4, 0.5) is 0 Å².